The van der Waals surface area contributed by atoms with Crippen LogP contribution in [0.15, 0.2) is 77.3 Å². The number of rotatable bonds is 12. The van der Waals surface area contributed by atoms with Crippen molar-refractivity contribution in [2.45, 2.75) is 25.9 Å². The molecule has 3 aromatic rings. The molecule has 2 amide bonds. The summed E-state index contributed by atoms with van der Waals surface area (Å²) >= 11 is 3.42. The Labute approximate surface area is 223 Å². The minimum atomic E-state index is -0.784. The predicted octanol–water partition coefficient (Wildman–Crippen LogP) is 4.52. The van der Waals surface area contributed by atoms with Gasteiger partial charge >= 0.3 is 5.69 Å². The molecule has 0 radical (unpaired) electrons. The van der Waals surface area contributed by atoms with E-state index in [0.29, 0.717) is 13.0 Å². The molecule has 1 N–H and O–H groups in total. The third-order valence-corrected chi connectivity index (χ3v) is 6.13. The number of hydrogen-bond acceptors (Lipinski definition) is 6. The van der Waals surface area contributed by atoms with Gasteiger partial charge in [0, 0.05) is 36.1 Å². The molecular formula is C27H28BrN3O6. The van der Waals surface area contributed by atoms with Gasteiger partial charge in [-0.25, -0.2) is 0 Å². The zero-order chi connectivity index (χ0) is 26.8. The number of halogens is 1. The van der Waals surface area contributed by atoms with Gasteiger partial charge in [0.2, 0.25) is 11.7 Å². The monoisotopic (exact) mass is 569 g/mol. The molecule has 0 fully saturated rings. The number of hydrogen-bond donors (Lipinski definition) is 1. The summed E-state index contributed by atoms with van der Waals surface area (Å²) in [6, 6.07) is 20.2. The van der Waals surface area contributed by atoms with Crippen LogP contribution in [-0.4, -0.2) is 47.9 Å². The molecule has 0 saturated heterocycles. The average Bonchev–Trinajstić information content (AvgIpc) is 2.90. The number of likely N-dealkylation sites (N-methyl/N-ethyl adjacent to an activating group) is 1. The van der Waals surface area contributed by atoms with Crippen LogP contribution in [-0.2, 0) is 22.6 Å². The van der Waals surface area contributed by atoms with Crippen LogP contribution in [0.1, 0.15) is 18.1 Å². The lowest BCUT2D eigenvalue weighted by molar-refractivity contribution is -0.385. The summed E-state index contributed by atoms with van der Waals surface area (Å²) in [4.78, 5) is 38.8. The Morgan fingerprint density at radius 1 is 1.05 bits per heavy atom. The van der Waals surface area contributed by atoms with Crippen LogP contribution in [0.5, 0.6) is 11.5 Å². The SMILES string of the molecule is CCNC(=O)[C@H](Cc1ccccc1)N(Cc1ccc(Br)cc1)C(=O)COc1ccc([N+](=O)[O-])c(OC)c1. The third-order valence-electron chi connectivity index (χ3n) is 5.60. The first-order valence-electron chi connectivity index (χ1n) is 11.6. The number of carbonyl (C=O) groups excluding carboxylic acids is 2. The largest absolute Gasteiger partial charge is 0.490 e. The van der Waals surface area contributed by atoms with Crippen molar-refractivity contribution in [3.05, 3.63) is 98.5 Å². The Bertz CT molecular complexity index is 1220. The number of nitro groups is 1. The van der Waals surface area contributed by atoms with E-state index >= 15 is 0 Å². The smallest absolute Gasteiger partial charge is 0.311 e. The van der Waals surface area contributed by atoms with E-state index in [9.17, 15) is 19.7 Å². The normalized spacial score (nSPS) is 11.3. The van der Waals surface area contributed by atoms with Crippen molar-refractivity contribution < 1.29 is 24.0 Å². The summed E-state index contributed by atoms with van der Waals surface area (Å²) in [6.45, 7) is 2.06. The highest BCUT2D eigenvalue weighted by molar-refractivity contribution is 9.10. The number of nitrogens with zero attached hydrogens (tertiary/aromatic N) is 2. The lowest BCUT2D eigenvalue weighted by atomic mass is 10.0. The fourth-order valence-electron chi connectivity index (χ4n) is 3.76. The van der Waals surface area contributed by atoms with E-state index in [0.717, 1.165) is 15.6 Å². The number of nitro benzene ring substituents is 1. The van der Waals surface area contributed by atoms with Crippen molar-refractivity contribution in [2.75, 3.05) is 20.3 Å². The standard InChI is InChI=1S/C27H28BrN3O6/c1-3-29-27(33)24(15-19-7-5-4-6-8-19)30(17-20-9-11-21(28)12-10-20)26(32)18-37-22-13-14-23(31(34)35)25(16-22)36-2/h4-14,16,24H,3,15,17-18H2,1-2H3,(H,29,33)/t24-/m0/s1. The topological polar surface area (TPSA) is 111 Å². The number of nitrogens with one attached hydrogen (secondary N) is 1. The fraction of sp³-hybridized carbons (Fsp3) is 0.259. The number of benzene rings is 3. The Morgan fingerprint density at radius 3 is 2.38 bits per heavy atom. The van der Waals surface area contributed by atoms with Crippen molar-refractivity contribution in [3.8, 4) is 11.5 Å². The summed E-state index contributed by atoms with van der Waals surface area (Å²) in [7, 11) is 1.32. The van der Waals surface area contributed by atoms with Crippen molar-refractivity contribution >= 4 is 33.4 Å². The first-order valence-corrected chi connectivity index (χ1v) is 12.4. The van der Waals surface area contributed by atoms with E-state index in [2.05, 4.69) is 21.2 Å². The molecule has 1 atom stereocenters. The lowest BCUT2D eigenvalue weighted by Gasteiger charge is -2.31. The molecule has 0 bridgehead atoms. The van der Waals surface area contributed by atoms with E-state index in [1.807, 2.05) is 61.5 Å². The molecule has 0 aliphatic heterocycles. The minimum absolute atomic E-state index is 0.0194. The molecule has 0 unspecified atom stereocenters. The molecule has 0 heterocycles. The molecule has 10 heteroatoms. The molecule has 0 aromatic heterocycles. The van der Waals surface area contributed by atoms with Gasteiger partial charge in [-0.1, -0.05) is 58.4 Å². The van der Waals surface area contributed by atoms with Gasteiger partial charge in [0.15, 0.2) is 6.61 Å². The molecule has 37 heavy (non-hydrogen) atoms. The zero-order valence-corrected chi connectivity index (χ0v) is 22.1. The molecule has 0 aliphatic rings. The summed E-state index contributed by atoms with van der Waals surface area (Å²) in [5, 5.41) is 14.0. The van der Waals surface area contributed by atoms with Crippen molar-refractivity contribution in [2.24, 2.45) is 0 Å². The van der Waals surface area contributed by atoms with E-state index in [4.69, 9.17) is 9.47 Å². The van der Waals surface area contributed by atoms with Crippen LogP contribution in [0.3, 0.4) is 0 Å². The van der Waals surface area contributed by atoms with E-state index in [1.54, 1.807) is 0 Å². The second-order valence-electron chi connectivity index (χ2n) is 8.13. The average molecular weight is 570 g/mol. The molecule has 0 saturated carbocycles. The maximum absolute atomic E-state index is 13.5. The van der Waals surface area contributed by atoms with Gasteiger partial charge in [-0.05, 0) is 36.2 Å². The van der Waals surface area contributed by atoms with Crippen molar-refractivity contribution in [1.82, 2.24) is 10.2 Å². The van der Waals surface area contributed by atoms with Gasteiger partial charge in [-0.15, -0.1) is 0 Å². The number of carbonyl (C=O) groups is 2. The lowest BCUT2D eigenvalue weighted by Crippen LogP contribution is -2.51. The van der Waals surface area contributed by atoms with E-state index < -0.39 is 16.9 Å². The molecule has 0 aliphatic carbocycles. The van der Waals surface area contributed by atoms with Gasteiger partial charge in [0.05, 0.1) is 12.0 Å². The molecule has 9 nitrogen and oxygen atoms in total. The summed E-state index contributed by atoms with van der Waals surface area (Å²) in [5.74, 6) is -0.427. The van der Waals surface area contributed by atoms with Crippen molar-refractivity contribution in [1.29, 1.82) is 0 Å². The molecule has 3 rings (SSSR count). The highest BCUT2D eigenvalue weighted by Crippen LogP contribution is 2.30. The van der Waals surface area contributed by atoms with Crippen LogP contribution in [0.4, 0.5) is 5.69 Å². The summed E-state index contributed by atoms with van der Waals surface area (Å²) in [6.07, 6.45) is 0.320. The quantitative estimate of drug-likeness (QED) is 0.253. The third kappa shape index (κ3) is 7.78. The van der Waals surface area contributed by atoms with Crippen LogP contribution in [0.25, 0.3) is 0 Å². The van der Waals surface area contributed by atoms with Gasteiger partial charge in [0.25, 0.3) is 5.91 Å². The second-order valence-corrected chi connectivity index (χ2v) is 9.04. The summed E-state index contributed by atoms with van der Waals surface area (Å²) in [5.41, 5.74) is 1.54. The number of ether oxygens (including phenoxy) is 2. The maximum atomic E-state index is 13.5. The van der Waals surface area contributed by atoms with Crippen molar-refractivity contribution in [3.63, 3.8) is 0 Å². The Hall–Kier alpha value is -3.92. The Kier molecular flexibility index (Phi) is 10.0. The van der Waals surface area contributed by atoms with Gasteiger partial charge < -0.3 is 19.7 Å². The predicted molar refractivity (Wildman–Crippen MR) is 142 cm³/mol. The number of amides is 2. The first-order chi connectivity index (χ1) is 17.8. The van der Waals surface area contributed by atoms with Crippen LogP contribution in [0, 0.1) is 10.1 Å². The first kappa shape index (κ1) is 27.7. The number of methoxy groups -OCH3 is 1. The van der Waals surface area contributed by atoms with E-state index in [-0.39, 0.29) is 36.2 Å². The highest BCUT2D eigenvalue weighted by atomic mass is 79.9. The second kappa shape index (κ2) is 13.4. The Morgan fingerprint density at radius 2 is 1.76 bits per heavy atom. The zero-order valence-electron chi connectivity index (χ0n) is 20.6. The molecular weight excluding hydrogens is 542 g/mol. The van der Waals surface area contributed by atoms with Gasteiger partial charge in [-0.2, -0.15) is 0 Å². The van der Waals surface area contributed by atoms with Gasteiger partial charge in [0.1, 0.15) is 11.8 Å². The fourth-order valence-corrected chi connectivity index (χ4v) is 4.02. The van der Waals surface area contributed by atoms with Crippen LogP contribution in [0.2, 0.25) is 0 Å². The molecule has 194 valence electrons. The minimum Gasteiger partial charge on any atom is -0.490 e. The molecule has 0 spiro atoms. The van der Waals surface area contributed by atoms with E-state index in [1.165, 1.54) is 30.2 Å². The van der Waals surface area contributed by atoms with Gasteiger partial charge in [-0.3, -0.25) is 19.7 Å². The van der Waals surface area contributed by atoms with Crippen LogP contribution >= 0.6 is 15.9 Å². The Balaban J connectivity index is 1.88. The summed E-state index contributed by atoms with van der Waals surface area (Å²) < 4.78 is 11.7. The highest BCUT2D eigenvalue weighted by Gasteiger charge is 2.30. The molecule has 3 aromatic carbocycles. The maximum Gasteiger partial charge on any atom is 0.311 e. The van der Waals surface area contributed by atoms with Crippen LogP contribution < -0.4 is 14.8 Å².